The molecule has 1 aromatic rings. The molecule has 0 aliphatic heterocycles. The first kappa shape index (κ1) is 16.2. The average Bonchev–Trinajstić information content (AvgIpc) is 3.26. The molecule has 0 spiro atoms. The van der Waals surface area contributed by atoms with Crippen LogP contribution in [0.25, 0.3) is 0 Å². The van der Waals surface area contributed by atoms with Gasteiger partial charge in [0.05, 0.1) is 13.2 Å². The van der Waals surface area contributed by atoms with Crippen molar-refractivity contribution in [3.8, 4) is 5.75 Å². The van der Waals surface area contributed by atoms with Gasteiger partial charge in [-0.25, -0.2) is 4.39 Å². The van der Waals surface area contributed by atoms with Gasteiger partial charge in [-0.2, -0.15) is 0 Å². The van der Waals surface area contributed by atoms with E-state index in [4.69, 9.17) is 4.74 Å². The van der Waals surface area contributed by atoms with Crippen LogP contribution in [0.2, 0.25) is 0 Å². The van der Waals surface area contributed by atoms with Crippen LogP contribution in [0.4, 0.5) is 4.39 Å². The van der Waals surface area contributed by atoms with E-state index in [-0.39, 0.29) is 18.0 Å². The van der Waals surface area contributed by atoms with Crippen molar-refractivity contribution < 1.29 is 14.2 Å². The van der Waals surface area contributed by atoms with Crippen LogP contribution in [0.1, 0.15) is 44.6 Å². The highest BCUT2D eigenvalue weighted by atomic mass is 19.1. The van der Waals surface area contributed by atoms with Crippen LogP contribution < -0.4 is 10.1 Å². The molecule has 0 aromatic heterocycles. The second-order valence-corrected chi connectivity index (χ2v) is 6.38. The van der Waals surface area contributed by atoms with Crippen molar-refractivity contribution in [1.82, 2.24) is 5.32 Å². The topological polar surface area (TPSA) is 41.5 Å². The molecule has 0 amide bonds. The van der Waals surface area contributed by atoms with Crippen molar-refractivity contribution in [3.05, 3.63) is 29.6 Å². The lowest BCUT2D eigenvalue weighted by Crippen LogP contribution is -2.46. The van der Waals surface area contributed by atoms with Gasteiger partial charge >= 0.3 is 0 Å². The molecule has 1 unspecified atom stereocenters. The lowest BCUT2D eigenvalue weighted by Gasteiger charge is -2.29. The van der Waals surface area contributed by atoms with Gasteiger partial charge in [-0.1, -0.05) is 6.07 Å². The Morgan fingerprint density at radius 3 is 2.81 bits per heavy atom. The van der Waals surface area contributed by atoms with E-state index in [1.807, 2.05) is 6.92 Å². The highest BCUT2D eigenvalue weighted by Crippen LogP contribution is 2.25. The predicted octanol–water partition coefficient (Wildman–Crippen LogP) is 3.19. The standard InChI is InChI=1S/C17H26FNO2/c1-13-5-8-15(18)16(11-13)21-10-4-3-9-17(2,12-20)19-14-6-7-14/h5,8,11,14,19-20H,3-4,6-7,9-10,12H2,1-2H3. The van der Waals surface area contributed by atoms with Crippen LogP contribution >= 0.6 is 0 Å². The summed E-state index contributed by atoms with van der Waals surface area (Å²) in [6.45, 7) is 4.64. The molecular weight excluding hydrogens is 269 g/mol. The number of halogens is 1. The Morgan fingerprint density at radius 2 is 2.14 bits per heavy atom. The second kappa shape index (κ2) is 7.23. The van der Waals surface area contributed by atoms with Gasteiger partial charge in [-0.05, 0) is 63.6 Å². The molecule has 1 atom stereocenters. The summed E-state index contributed by atoms with van der Waals surface area (Å²) >= 11 is 0. The maximum atomic E-state index is 13.5. The van der Waals surface area contributed by atoms with E-state index in [0.29, 0.717) is 18.4 Å². The fraction of sp³-hybridized carbons (Fsp3) is 0.647. The molecule has 1 aliphatic carbocycles. The molecule has 0 radical (unpaired) electrons. The third kappa shape index (κ3) is 5.29. The Labute approximate surface area is 126 Å². The van der Waals surface area contributed by atoms with Crippen molar-refractivity contribution in [2.24, 2.45) is 0 Å². The zero-order valence-corrected chi connectivity index (χ0v) is 13.0. The fourth-order valence-electron chi connectivity index (χ4n) is 2.44. The number of ether oxygens (including phenoxy) is 1. The Bertz CT molecular complexity index is 462. The van der Waals surface area contributed by atoms with Gasteiger partial charge in [0.15, 0.2) is 11.6 Å². The van der Waals surface area contributed by atoms with E-state index in [2.05, 4.69) is 12.2 Å². The number of hydrogen-bond donors (Lipinski definition) is 2. The molecule has 1 fully saturated rings. The molecule has 21 heavy (non-hydrogen) atoms. The summed E-state index contributed by atoms with van der Waals surface area (Å²) in [5, 5.41) is 13.0. The van der Waals surface area contributed by atoms with E-state index in [9.17, 15) is 9.50 Å². The molecule has 1 aromatic carbocycles. The molecule has 2 rings (SSSR count). The van der Waals surface area contributed by atoms with Gasteiger partial charge < -0.3 is 15.2 Å². The van der Waals surface area contributed by atoms with Crippen molar-refractivity contribution in [1.29, 1.82) is 0 Å². The van der Waals surface area contributed by atoms with Crippen LogP contribution in [-0.2, 0) is 0 Å². The summed E-state index contributed by atoms with van der Waals surface area (Å²) in [6, 6.07) is 5.48. The predicted molar refractivity (Wildman–Crippen MR) is 82.1 cm³/mol. The molecule has 1 saturated carbocycles. The fourth-order valence-corrected chi connectivity index (χ4v) is 2.44. The highest BCUT2D eigenvalue weighted by Gasteiger charge is 2.31. The minimum absolute atomic E-state index is 0.150. The van der Waals surface area contributed by atoms with Gasteiger partial charge in [-0.3, -0.25) is 0 Å². The Balaban J connectivity index is 1.68. The number of unbranched alkanes of at least 4 members (excludes halogenated alkanes) is 1. The monoisotopic (exact) mass is 295 g/mol. The van der Waals surface area contributed by atoms with Gasteiger partial charge in [0.2, 0.25) is 0 Å². The largest absolute Gasteiger partial charge is 0.491 e. The second-order valence-electron chi connectivity index (χ2n) is 6.38. The van der Waals surface area contributed by atoms with Crippen LogP contribution in [0.15, 0.2) is 18.2 Å². The van der Waals surface area contributed by atoms with Gasteiger partial charge in [0.25, 0.3) is 0 Å². The molecule has 0 heterocycles. The summed E-state index contributed by atoms with van der Waals surface area (Å²) in [7, 11) is 0. The first-order valence-electron chi connectivity index (χ1n) is 7.80. The number of nitrogens with one attached hydrogen (secondary N) is 1. The molecule has 4 heteroatoms. The van der Waals surface area contributed by atoms with E-state index in [1.54, 1.807) is 12.1 Å². The molecule has 1 aliphatic rings. The molecule has 3 nitrogen and oxygen atoms in total. The van der Waals surface area contributed by atoms with Crippen molar-refractivity contribution in [2.45, 2.75) is 57.5 Å². The summed E-state index contributed by atoms with van der Waals surface area (Å²) in [5.41, 5.74) is 0.795. The van der Waals surface area contributed by atoms with E-state index < -0.39 is 0 Å². The maximum absolute atomic E-state index is 13.5. The smallest absolute Gasteiger partial charge is 0.165 e. The molecule has 2 N–H and O–H groups in total. The van der Waals surface area contributed by atoms with Gasteiger partial charge in [-0.15, -0.1) is 0 Å². The SMILES string of the molecule is Cc1ccc(F)c(OCCCCC(C)(CO)NC2CC2)c1. The van der Waals surface area contributed by atoms with Crippen molar-refractivity contribution >= 4 is 0 Å². The van der Waals surface area contributed by atoms with Crippen molar-refractivity contribution in [2.75, 3.05) is 13.2 Å². The van der Waals surface area contributed by atoms with Crippen LogP contribution in [0, 0.1) is 12.7 Å². The maximum Gasteiger partial charge on any atom is 0.165 e. The highest BCUT2D eigenvalue weighted by molar-refractivity contribution is 5.29. The van der Waals surface area contributed by atoms with Crippen LogP contribution in [-0.4, -0.2) is 29.9 Å². The number of rotatable bonds is 9. The Morgan fingerprint density at radius 1 is 1.38 bits per heavy atom. The summed E-state index contributed by atoms with van der Waals surface area (Å²) in [6.07, 6.45) is 5.13. The quantitative estimate of drug-likeness (QED) is 0.688. The third-order valence-electron chi connectivity index (χ3n) is 3.95. The average molecular weight is 295 g/mol. The van der Waals surface area contributed by atoms with E-state index in [0.717, 1.165) is 24.8 Å². The zero-order chi connectivity index (χ0) is 15.3. The molecular formula is C17H26FNO2. The summed E-state index contributed by atoms with van der Waals surface area (Å²) < 4.78 is 19.0. The van der Waals surface area contributed by atoms with E-state index in [1.165, 1.54) is 18.9 Å². The third-order valence-corrected chi connectivity index (χ3v) is 3.95. The summed E-state index contributed by atoms with van der Waals surface area (Å²) in [4.78, 5) is 0. The summed E-state index contributed by atoms with van der Waals surface area (Å²) in [5.74, 6) is 0.0206. The number of hydrogen-bond acceptors (Lipinski definition) is 3. The van der Waals surface area contributed by atoms with E-state index >= 15 is 0 Å². The van der Waals surface area contributed by atoms with Crippen LogP contribution in [0.5, 0.6) is 5.75 Å². The number of benzene rings is 1. The Hall–Kier alpha value is -1.13. The minimum atomic E-state index is -0.309. The number of aliphatic hydroxyl groups is 1. The Kier molecular flexibility index (Phi) is 5.59. The molecule has 0 bridgehead atoms. The zero-order valence-electron chi connectivity index (χ0n) is 13.0. The number of aryl methyl sites for hydroxylation is 1. The van der Waals surface area contributed by atoms with Crippen LogP contribution in [0.3, 0.4) is 0 Å². The lowest BCUT2D eigenvalue weighted by atomic mass is 9.95. The van der Waals surface area contributed by atoms with Gasteiger partial charge in [0, 0.05) is 11.6 Å². The minimum Gasteiger partial charge on any atom is -0.491 e. The molecule has 0 saturated heterocycles. The molecule has 118 valence electrons. The first-order valence-corrected chi connectivity index (χ1v) is 7.80. The number of aliphatic hydroxyl groups excluding tert-OH is 1. The lowest BCUT2D eigenvalue weighted by molar-refractivity contribution is 0.158. The van der Waals surface area contributed by atoms with Gasteiger partial charge in [0.1, 0.15) is 0 Å². The first-order chi connectivity index (χ1) is 10.0. The normalized spacial score (nSPS) is 17.5. The van der Waals surface area contributed by atoms with Crippen molar-refractivity contribution in [3.63, 3.8) is 0 Å².